The molecule has 1 aliphatic rings. The third-order valence-corrected chi connectivity index (χ3v) is 5.71. The molecule has 2 unspecified atom stereocenters. The van der Waals surface area contributed by atoms with Crippen molar-refractivity contribution in [2.24, 2.45) is 23.7 Å². The van der Waals surface area contributed by atoms with Crippen LogP contribution in [0.2, 0.25) is 0 Å². The van der Waals surface area contributed by atoms with E-state index < -0.39 is 0 Å². The molecule has 4 heteroatoms. The van der Waals surface area contributed by atoms with Crippen molar-refractivity contribution in [3.8, 4) is 0 Å². The zero-order valence-corrected chi connectivity index (χ0v) is 18.8. The van der Waals surface area contributed by atoms with Crippen LogP contribution in [0.1, 0.15) is 105 Å². The third-order valence-electron chi connectivity index (χ3n) is 5.71. The minimum Gasteiger partial charge on any atom is -0.465 e. The van der Waals surface area contributed by atoms with Gasteiger partial charge in [-0.1, -0.05) is 72.6 Å². The van der Waals surface area contributed by atoms with Gasteiger partial charge in [0.15, 0.2) is 0 Å². The first kappa shape index (κ1) is 25.0. The second-order valence-electron chi connectivity index (χ2n) is 9.32. The first-order chi connectivity index (χ1) is 13.4. The number of unbranched alkanes of at least 4 members (excludes halogenated alkanes) is 4. The second kappa shape index (κ2) is 14.9. The molecule has 0 bridgehead atoms. The Balaban J connectivity index is 2.24. The number of hydrogen-bond acceptors (Lipinski definition) is 4. The molecule has 28 heavy (non-hydrogen) atoms. The van der Waals surface area contributed by atoms with Gasteiger partial charge in [-0.25, -0.2) is 0 Å². The van der Waals surface area contributed by atoms with Crippen LogP contribution in [-0.4, -0.2) is 25.2 Å². The highest BCUT2D eigenvalue weighted by atomic mass is 16.5. The molecule has 1 rings (SSSR count). The molecule has 0 aromatic heterocycles. The molecule has 0 spiro atoms. The van der Waals surface area contributed by atoms with Gasteiger partial charge >= 0.3 is 11.9 Å². The quantitative estimate of drug-likeness (QED) is 0.255. The summed E-state index contributed by atoms with van der Waals surface area (Å²) in [5.41, 5.74) is 0. The van der Waals surface area contributed by atoms with Crippen molar-refractivity contribution >= 4 is 11.9 Å². The monoisotopic (exact) mass is 396 g/mol. The topological polar surface area (TPSA) is 52.6 Å². The van der Waals surface area contributed by atoms with Gasteiger partial charge in [-0.2, -0.15) is 0 Å². The Morgan fingerprint density at radius 3 is 1.64 bits per heavy atom. The Morgan fingerprint density at radius 1 is 0.679 bits per heavy atom. The van der Waals surface area contributed by atoms with Gasteiger partial charge in [0.1, 0.15) is 0 Å². The Kier molecular flexibility index (Phi) is 13.3. The lowest BCUT2D eigenvalue weighted by Crippen LogP contribution is -2.35. The average molecular weight is 397 g/mol. The summed E-state index contributed by atoms with van der Waals surface area (Å²) >= 11 is 0. The molecule has 1 fully saturated rings. The number of esters is 2. The summed E-state index contributed by atoms with van der Waals surface area (Å²) in [5, 5.41) is 0. The van der Waals surface area contributed by atoms with Crippen LogP contribution in [0.5, 0.6) is 0 Å². The van der Waals surface area contributed by atoms with E-state index in [-0.39, 0.29) is 23.8 Å². The SMILES string of the molecule is CC(C)CCCCCCCOC(=O)C1CCCCC1C(=O)OCCCC(C)C. The molecule has 0 amide bonds. The molecule has 0 saturated heterocycles. The molecule has 0 heterocycles. The van der Waals surface area contributed by atoms with Crippen molar-refractivity contribution in [3.05, 3.63) is 0 Å². The maximum absolute atomic E-state index is 12.5. The number of ether oxygens (including phenoxy) is 2. The van der Waals surface area contributed by atoms with Gasteiger partial charge in [0.2, 0.25) is 0 Å². The smallest absolute Gasteiger partial charge is 0.309 e. The highest BCUT2D eigenvalue weighted by Crippen LogP contribution is 2.32. The lowest BCUT2D eigenvalue weighted by molar-refractivity contribution is -0.163. The fourth-order valence-corrected chi connectivity index (χ4v) is 3.93. The normalized spacial score (nSPS) is 19.8. The molecule has 1 saturated carbocycles. The molecular formula is C24H44O4. The van der Waals surface area contributed by atoms with Crippen LogP contribution in [0.15, 0.2) is 0 Å². The van der Waals surface area contributed by atoms with Gasteiger partial charge < -0.3 is 9.47 Å². The van der Waals surface area contributed by atoms with Crippen molar-refractivity contribution in [2.45, 2.75) is 105 Å². The van der Waals surface area contributed by atoms with E-state index >= 15 is 0 Å². The van der Waals surface area contributed by atoms with Crippen LogP contribution >= 0.6 is 0 Å². The summed E-state index contributed by atoms with van der Waals surface area (Å²) in [6, 6.07) is 0. The standard InChI is InChI=1S/C24H44O4/c1-19(2)13-8-6-5-7-11-17-27-23(25)21-15-9-10-16-22(21)24(26)28-18-12-14-20(3)4/h19-22H,5-18H2,1-4H3. The second-order valence-corrected chi connectivity index (χ2v) is 9.32. The van der Waals surface area contributed by atoms with Gasteiger partial charge in [0, 0.05) is 0 Å². The van der Waals surface area contributed by atoms with Crippen molar-refractivity contribution in [2.75, 3.05) is 13.2 Å². The molecule has 2 atom stereocenters. The van der Waals surface area contributed by atoms with E-state index in [4.69, 9.17) is 9.47 Å². The lowest BCUT2D eigenvalue weighted by Gasteiger charge is -2.28. The first-order valence-corrected chi connectivity index (χ1v) is 11.7. The first-order valence-electron chi connectivity index (χ1n) is 11.7. The molecular weight excluding hydrogens is 352 g/mol. The highest BCUT2D eigenvalue weighted by Gasteiger charge is 2.37. The molecule has 164 valence electrons. The molecule has 4 nitrogen and oxygen atoms in total. The largest absolute Gasteiger partial charge is 0.465 e. The summed E-state index contributed by atoms with van der Waals surface area (Å²) in [6.07, 6.45) is 12.5. The van der Waals surface area contributed by atoms with Crippen molar-refractivity contribution in [1.29, 1.82) is 0 Å². The molecule has 0 N–H and O–H groups in total. The van der Waals surface area contributed by atoms with Gasteiger partial charge in [0.25, 0.3) is 0 Å². The Labute approximate surface area is 173 Å². The van der Waals surface area contributed by atoms with E-state index in [1.165, 1.54) is 25.7 Å². The van der Waals surface area contributed by atoms with E-state index in [0.29, 0.717) is 19.1 Å². The fraction of sp³-hybridized carbons (Fsp3) is 0.917. The van der Waals surface area contributed by atoms with Crippen LogP contribution in [-0.2, 0) is 19.1 Å². The predicted octanol–water partition coefficient (Wildman–Crippen LogP) is 6.31. The maximum Gasteiger partial charge on any atom is 0.309 e. The van der Waals surface area contributed by atoms with Gasteiger partial charge in [0.05, 0.1) is 25.0 Å². The summed E-state index contributed by atoms with van der Waals surface area (Å²) in [5.74, 6) is 0.394. The molecule has 0 radical (unpaired) electrons. The summed E-state index contributed by atoms with van der Waals surface area (Å²) in [6.45, 7) is 9.81. The lowest BCUT2D eigenvalue weighted by atomic mass is 9.79. The Hall–Kier alpha value is -1.06. The number of carbonyl (C=O) groups excluding carboxylic acids is 2. The molecule has 1 aliphatic carbocycles. The summed E-state index contributed by atoms with van der Waals surface area (Å²) < 4.78 is 11.0. The van der Waals surface area contributed by atoms with Crippen molar-refractivity contribution in [3.63, 3.8) is 0 Å². The molecule has 0 aromatic rings. The van der Waals surface area contributed by atoms with Gasteiger partial charge in [-0.05, 0) is 43.9 Å². The zero-order chi connectivity index (χ0) is 20.8. The third kappa shape index (κ3) is 11.1. The van der Waals surface area contributed by atoms with Gasteiger partial charge in [-0.15, -0.1) is 0 Å². The highest BCUT2D eigenvalue weighted by molar-refractivity contribution is 5.82. The summed E-state index contributed by atoms with van der Waals surface area (Å²) in [7, 11) is 0. The van der Waals surface area contributed by atoms with E-state index in [9.17, 15) is 9.59 Å². The van der Waals surface area contributed by atoms with E-state index in [1.54, 1.807) is 0 Å². The van der Waals surface area contributed by atoms with Crippen molar-refractivity contribution < 1.29 is 19.1 Å². The molecule has 0 aromatic carbocycles. The Morgan fingerprint density at radius 2 is 1.11 bits per heavy atom. The van der Waals surface area contributed by atoms with Crippen LogP contribution in [0.25, 0.3) is 0 Å². The Bertz CT molecular complexity index is 430. The average Bonchev–Trinajstić information content (AvgIpc) is 2.66. The van der Waals surface area contributed by atoms with Crippen LogP contribution < -0.4 is 0 Å². The van der Waals surface area contributed by atoms with E-state index in [2.05, 4.69) is 27.7 Å². The van der Waals surface area contributed by atoms with Gasteiger partial charge in [-0.3, -0.25) is 9.59 Å². The fourth-order valence-electron chi connectivity index (χ4n) is 3.93. The minimum atomic E-state index is -0.309. The van der Waals surface area contributed by atoms with E-state index in [0.717, 1.165) is 57.3 Å². The minimum absolute atomic E-state index is 0.191. The summed E-state index contributed by atoms with van der Waals surface area (Å²) in [4.78, 5) is 25.0. The number of hydrogen-bond donors (Lipinski definition) is 0. The predicted molar refractivity (Wildman–Crippen MR) is 114 cm³/mol. The number of rotatable bonds is 14. The van der Waals surface area contributed by atoms with Crippen LogP contribution in [0, 0.1) is 23.7 Å². The number of carbonyl (C=O) groups is 2. The zero-order valence-electron chi connectivity index (χ0n) is 18.8. The van der Waals surface area contributed by atoms with Crippen molar-refractivity contribution in [1.82, 2.24) is 0 Å². The maximum atomic E-state index is 12.5. The van der Waals surface area contributed by atoms with E-state index in [1.807, 2.05) is 0 Å². The van der Waals surface area contributed by atoms with Crippen LogP contribution in [0.4, 0.5) is 0 Å². The molecule has 0 aliphatic heterocycles. The van der Waals surface area contributed by atoms with Crippen LogP contribution in [0.3, 0.4) is 0 Å².